The molecule has 0 radical (unpaired) electrons. The van der Waals surface area contributed by atoms with Crippen molar-refractivity contribution < 1.29 is 14.6 Å². The highest BCUT2D eigenvalue weighted by Crippen LogP contribution is 2.21. The fourth-order valence-corrected chi connectivity index (χ4v) is 2.38. The zero-order valence-electron chi connectivity index (χ0n) is 11.6. The molecule has 106 valence electrons. The summed E-state index contributed by atoms with van der Waals surface area (Å²) in [4.78, 5) is 11.3. The number of aromatic carboxylic acids is 1. The third kappa shape index (κ3) is 2.60. The van der Waals surface area contributed by atoms with Crippen molar-refractivity contribution in [1.29, 1.82) is 0 Å². The highest BCUT2D eigenvalue weighted by atomic mass is 16.5. The highest BCUT2D eigenvalue weighted by molar-refractivity contribution is 5.89. The summed E-state index contributed by atoms with van der Waals surface area (Å²) in [7, 11) is 0. The van der Waals surface area contributed by atoms with E-state index in [2.05, 4.69) is 0 Å². The smallest absolute Gasteiger partial charge is 0.353 e. The summed E-state index contributed by atoms with van der Waals surface area (Å²) in [5, 5.41) is 9.29. The molecule has 4 heteroatoms. The molecule has 0 spiro atoms. The summed E-state index contributed by atoms with van der Waals surface area (Å²) < 4.78 is 7.38. The van der Waals surface area contributed by atoms with Crippen LogP contribution in [0, 0.1) is 6.92 Å². The zero-order chi connectivity index (χ0) is 14.8. The van der Waals surface area contributed by atoms with Crippen LogP contribution in [-0.2, 0) is 6.61 Å². The van der Waals surface area contributed by atoms with E-state index in [9.17, 15) is 9.90 Å². The molecule has 2 heterocycles. The standard InChI is InChI=1S/C17H15NO3/c1-12-9-14-7-8-15(10-18(14)16(12)17(19)20)21-11-13-5-3-2-4-6-13/h2-10H,11H2,1H3,(H,19,20). The molecular weight excluding hydrogens is 266 g/mol. The number of carboxylic acids is 1. The molecule has 0 unspecified atom stereocenters. The number of hydrogen-bond acceptors (Lipinski definition) is 2. The number of benzene rings is 1. The summed E-state index contributed by atoms with van der Waals surface area (Å²) in [5.74, 6) is -0.294. The van der Waals surface area contributed by atoms with Crippen LogP contribution < -0.4 is 4.74 Å². The van der Waals surface area contributed by atoms with Crippen molar-refractivity contribution in [2.45, 2.75) is 13.5 Å². The predicted molar refractivity (Wildman–Crippen MR) is 79.9 cm³/mol. The zero-order valence-corrected chi connectivity index (χ0v) is 11.6. The van der Waals surface area contributed by atoms with Crippen molar-refractivity contribution in [3.63, 3.8) is 0 Å². The predicted octanol–water partition coefficient (Wildman–Crippen LogP) is 3.52. The number of fused-ring (bicyclic) bond motifs is 1. The first-order valence-electron chi connectivity index (χ1n) is 6.67. The number of carboxylic acid groups (broad SMARTS) is 1. The Balaban J connectivity index is 1.90. The number of hydrogen-bond donors (Lipinski definition) is 1. The molecule has 0 fully saturated rings. The van der Waals surface area contributed by atoms with Gasteiger partial charge in [-0.25, -0.2) is 4.79 Å². The maximum Gasteiger partial charge on any atom is 0.353 e. The van der Waals surface area contributed by atoms with Gasteiger partial charge in [-0.15, -0.1) is 0 Å². The molecule has 1 N–H and O–H groups in total. The van der Waals surface area contributed by atoms with Gasteiger partial charge in [-0.3, -0.25) is 0 Å². The Labute approximate surface area is 122 Å². The summed E-state index contributed by atoms with van der Waals surface area (Å²) in [6.07, 6.45) is 1.72. The number of aromatic nitrogens is 1. The normalized spacial score (nSPS) is 10.7. The van der Waals surface area contributed by atoms with Crippen LogP contribution in [0.1, 0.15) is 21.6 Å². The third-order valence-corrected chi connectivity index (χ3v) is 3.38. The molecule has 0 aliphatic rings. The molecule has 0 aliphatic carbocycles. The van der Waals surface area contributed by atoms with Gasteiger partial charge in [-0.2, -0.15) is 0 Å². The van der Waals surface area contributed by atoms with E-state index in [1.165, 1.54) is 0 Å². The van der Waals surface area contributed by atoms with Gasteiger partial charge in [-0.05, 0) is 36.2 Å². The first-order valence-corrected chi connectivity index (χ1v) is 6.67. The van der Waals surface area contributed by atoms with Gasteiger partial charge in [0, 0.05) is 5.52 Å². The Morgan fingerprint density at radius 2 is 1.95 bits per heavy atom. The number of pyridine rings is 1. The molecule has 3 rings (SSSR count). The van der Waals surface area contributed by atoms with E-state index in [0.717, 1.165) is 16.6 Å². The van der Waals surface area contributed by atoms with Gasteiger partial charge in [0.05, 0.1) is 6.20 Å². The van der Waals surface area contributed by atoms with E-state index >= 15 is 0 Å². The molecule has 0 saturated carbocycles. The van der Waals surface area contributed by atoms with Crippen LogP contribution >= 0.6 is 0 Å². The first kappa shape index (κ1) is 13.2. The fourth-order valence-electron chi connectivity index (χ4n) is 2.38. The lowest BCUT2D eigenvalue weighted by Gasteiger charge is -2.08. The second-order valence-electron chi connectivity index (χ2n) is 4.92. The molecule has 0 bridgehead atoms. The maximum atomic E-state index is 11.3. The van der Waals surface area contributed by atoms with Gasteiger partial charge in [0.15, 0.2) is 0 Å². The second kappa shape index (κ2) is 5.32. The third-order valence-electron chi connectivity index (χ3n) is 3.38. The summed E-state index contributed by atoms with van der Waals surface area (Å²) >= 11 is 0. The van der Waals surface area contributed by atoms with Crippen LogP contribution in [0.3, 0.4) is 0 Å². The maximum absolute atomic E-state index is 11.3. The Bertz CT molecular complexity index is 790. The molecule has 21 heavy (non-hydrogen) atoms. The number of rotatable bonds is 4. The lowest BCUT2D eigenvalue weighted by molar-refractivity contribution is 0.0688. The number of carbonyl (C=O) groups is 1. The Hall–Kier alpha value is -2.75. The van der Waals surface area contributed by atoms with Gasteiger partial charge in [0.25, 0.3) is 0 Å². The van der Waals surface area contributed by atoms with Gasteiger partial charge >= 0.3 is 5.97 Å². The largest absolute Gasteiger partial charge is 0.487 e. The van der Waals surface area contributed by atoms with Crippen molar-refractivity contribution >= 4 is 11.5 Å². The summed E-state index contributed by atoms with van der Waals surface area (Å²) in [6, 6.07) is 15.4. The quantitative estimate of drug-likeness (QED) is 0.796. The molecule has 2 aromatic heterocycles. The average molecular weight is 281 g/mol. The molecule has 0 saturated heterocycles. The molecule has 4 nitrogen and oxygen atoms in total. The number of ether oxygens (including phenoxy) is 1. The van der Waals surface area contributed by atoms with Crippen LogP contribution in [0.25, 0.3) is 5.52 Å². The van der Waals surface area contributed by atoms with Crippen LogP contribution in [0.15, 0.2) is 54.7 Å². The van der Waals surface area contributed by atoms with Crippen molar-refractivity contribution in [1.82, 2.24) is 4.40 Å². The lowest BCUT2D eigenvalue weighted by Crippen LogP contribution is -2.04. The number of aryl methyl sites for hydroxylation is 1. The van der Waals surface area contributed by atoms with Crippen molar-refractivity contribution in [2.24, 2.45) is 0 Å². The van der Waals surface area contributed by atoms with E-state index in [1.807, 2.05) is 48.5 Å². The van der Waals surface area contributed by atoms with Crippen LogP contribution in [0.4, 0.5) is 0 Å². The fraction of sp³-hybridized carbons (Fsp3) is 0.118. The van der Waals surface area contributed by atoms with E-state index in [0.29, 0.717) is 12.4 Å². The topological polar surface area (TPSA) is 50.9 Å². The van der Waals surface area contributed by atoms with E-state index in [1.54, 1.807) is 17.5 Å². The van der Waals surface area contributed by atoms with Crippen LogP contribution in [0.2, 0.25) is 0 Å². The SMILES string of the molecule is Cc1cc2ccc(OCc3ccccc3)cn2c1C(=O)O. The van der Waals surface area contributed by atoms with Gasteiger partial charge in [0.2, 0.25) is 0 Å². The molecule has 1 aromatic carbocycles. The molecular formula is C17H15NO3. The van der Waals surface area contributed by atoms with Crippen molar-refractivity contribution in [3.05, 3.63) is 71.5 Å². The monoisotopic (exact) mass is 281 g/mol. The van der Waals surface area contributed by atoms with Gasteiger partial charge in [0.1, 0.15) is 18.1 Å². The highest BCUT2D eigenvalue weighted by Gasteiger charge is 2.14. The van der Waals surface area contributed by atoms with Crippen LogP contribution in [0.5, 0.6) is 5.75 Å². The minimum atomic E-state index is -0.937. The minimum Gasteiger partial charge on any atom is -0.487 e. The molecule has 0 atom stereocenters. The van der Waals surface area contributed by atoms with E-state index in [4.69, 9.17) is 4.74 Å². The lowest BCUT2D eigenvalue weighted by atomic mass is 10.2. The van der Waals surface area contributed by atoms with Crippen LogP contribution in [-0.4, -0.2) is 15.5 Å². The van der Waals surface area contributed by atoms with E-state index < -0.39 is 5.97 Å². The molecule has 3 aromatic rings. The molecule has 0 aliphatic heterocycles. The Kier molecular flexibility index (Phi) is 3.36. The van der Waals surface area contributed by atoms with Gasteiger partial charge < -0.3 is 14.2 Å². The second-order valence-corrected chi connectivity index (χ2v) is 4.92. The number of nitrogens with zero attached hydrogens (tertiary/aromatic N) is 1. The van der Waals surface area contributed by atoms with E-state index in [-0.39, 0.29) is 5.69 Å². The first-order chi connectivity index (χ1) is 10.1. The van der Waals surface area contributed by atoms with Crippen molar-refractivity contribution in [2.75, 3.05) is 0 Å². The molecule has 0 amide bonds. The Morgan fingerprint density at radius 1 is 1.19 bits per heavy atom. The average Bonchev–Trinajstić information content (AvgIpc) is 2.81. The summed E-state index contributed by atoms with van der Waals surface area (Å²) in [6.45, 7) is 2.25. The van der Waals surface area contributed by atoms with Gasteiger partial charge in [-0.1, -0.05) is 30.3 Å². The Morgan fingerprint density at radius 3 is 2.67 bits per heavy atom. The summed E-state index contributed by atoms with van der Waals surface area (Å²) in [5.41, 5.74) is 2.93. The minimum absolute atomic E-state index is 0.273. The van der Waals surface area contributed by atoms with Crippen molar-refractivity contribution in [3.8, 4) is 5.75 Å².